The van der Waals surface area contributed by atoms with E-state index >= 15 is 4.39 Å². The van der Waals surface area contributed by atoms with Gasteiger partial charge in [0.2, 0.25) is 15.9 Å². The van der Waals surface area contributed by atoms with Gasteiger partial charge in [-0.15, -0.1) is 0 Å². The van der Waals surface area contributed by atoms with Gasteiger partial charge in [-0.25, -0.2) is 17.5 Å². The quantitative estimate of drug-likeness (QED) is 0.317. The average molecular weight is 537 g/mol. The Kier molecular flexibility index (Phi) is 6.39. The lowest BCUT2D eigenvalue weighted by molar-refractivity contribution is 0.0971. The third kappa shape index (κ3) is 4.60. The molecule has 38 heavy (non-hydrogen) atoms. The lowest BCUT2D eigenvalue weighted by atomic mass is 10.0. The summed E-state index contributed by atoms with van der Waals surface area (Å²) in [6.07, 6.45) is 3.03. The molecule has 1 saturated carbocycles. The number of amides is 2. The molecule has 11 heteroatoms. The van der Waals surface area contributed by atoms with Crippen LogP contribution in [0.4, 0.5) is 4.39 Å². The first kappa shape index (κ1) is 25.4. The van der Waals surface area contributed by atoms with Crippen LogP contribution in [-0.4, -0.2) is 35.0 Å². The zero-order chi connectivity index (χ0) is 27.2. The van der Waals surface area contributed by atoms with E-state index in [9.17, 15) is 22.8 Å². The molecule has 9 nitrogen and oxygen atoms in total. The SMILES string of the molecule is CCc1ccc2c(c1)c(-c1ccc[nH]c1=O)c(C(=O)NS(=O)(=O)C1CC1)n2Cc1ccc(C(N)=O)cc1F. The van der Waals surface area contributed by atoms with Gasteiger partial charge in [-0.3, -0.25) is 14.4 Å². The lowest BCUT2D eigenvalue weighted by Crippen LogP contribution is -2.35. The third-order valence-corrected chi connectivity index (χ3v) is 8.52. The van der Waals surface area contributed by atoms with E-state index in [1.807, 2.05) is 19.1 Å². The number of nitrogens with two attached hydrogens (primary N) is 1. The summed E-state index contributed by atoms with van der Waals surface area (Å²) in [6, 6.07) is 12.4. The second-order valence-electron chi connectivity index (χ2n) is 9.27. The molecule has 2 heterocycles. The molecule has 0 spiro atoms. The Balaban J connectivity index is 1.78. The van der Waals surface area contributed by atoms with Gasteiger partial charge in [0, 0.05) is 39.4 Å². The molecule has 2 aromatic carbocycles. The van der Waals surface area contributed by atoms with Crippen LogP contribution < -0.4 is 16.0 Å². The van der Waals surface area contributed by atoms with E-state index < -0.39 is 38.5 Å². The molecule has 4 N–H and O–H groups in total. The molecule has 1 fully saturated rings. The molecular formula is C27H25FN4O5S. The number of nitrogens with one attached hydrogen (secondary N) is 2. The highest BCUT2D eigenvalue weighted by Crippen LogP contribution is 2.36. The first-order valence-corrected chi connectivity index (χ1v) is 13.6. The van der Waals surface area contributed by atoms with Crippen molar-refractivity contribution < 1.29 is 22.4 Å². The molecule has 0 unspecified atom stereocenters. The maximum absolute atomic E-state index is 15.1. The Hall–Kier alpha value is -4.25. The number of halogens is 1. The van der Waals surface area contributed by atoms with Gasteiger partial charge in [-0.2, -0.15) is 0 Å². The summed E-state index contributed by atoms with van der Waals surface area (Å²) in [5.41, 5.74) is 6.69. The van der Waals surface area contributed by atoms with E-state index in [2.05, 4.69) is 9.71 Å². The number of rotatable bonds is 8. The smallest absolute Gasteiger partial charge is 0.282 e. The van der Waals surface area contributed by atoms with Crippen molar-refractivity contribution in [1.82, 2.24) is 14.3 Å². The van der Waals surface area contributed by atoms with Crippen LogP contribution in [0, 0.1) is 5.82 Å². The van der Waals surface area contributed by atoms with Crippen LogP contribution in [0.25, 0.3) is 22.0 Å². The highest BCUT2D eigenvalue weighted by atomic mass is 32.2. The molecule has 0 radical (unpaired) electrons. The fraction of sp³-hybridized carbons (Fsp3) is 0.222. The highest BCUT2D eigenvalue weighted by molar-refractivity contribution is 7.91. The minimum atomic E-state index is -3.93. The molecule has 196 valence electrons. The molecule has 5 rings (SSSR count). The number of hydrogen-bond donors (Lipinski definition) is 3. The molecule has 0 bridgehead atoms. The Morgan fingerprint density at radius 2 is 1.92 bits per heavy atom. The van der Waals surface area contributed by atoms with E-state index in [-0.39, 0.29) is 34.5 Å². The van der Waals surface area contributed by atoms with Crippen molar-refractivity contribution in [2.45, 2.75) is 38.0 Å². The van der Waals surface area contributed by atoms with Crippen LogP contribution in [-0.2, 0) is 23.0 Å². The van der Waals surface area contributed by atoms with Gasteiger partial charge in [0.05, 0.1) is 11.8 Å². The standard InChI is InChI=1S/C27H25FN4O5S/c1-2-15-5-10-22-20(12-15)23(19-4-3-11-30-26(19)34)24(27(35)31-38(36,37)18-8-9-18)32(22)14-17-7-6-16(25(29)33)13-21(17)28/h3-7,10-13,18H,2,8-9,14H2,1H3,(H2,29,33)(H,30,34)(H,31,35). The molecular weight excluding hydrogens is 511 g/mol. The van der Waals surface area contributed by atoms with Gasteiger partial charge in [-0.1, -0.05) is 19.1 Å². The molecule has 1 aliphatic rings. The summed E-state index contributed by atoms with van der Waals surface area (Å²) < 4.78 is 44.2. The minimum Gasteiger partial charge on any atom is -0.366 e. The Morgan fingerprint density at radius 1 is 1.16 bits per heavy atom. The van der Waals surface area contributed by atoms with E-state index in [4.69, 9.17) is 5.73 Å². The van der Waals surface area contributed by atoms with Gasteiger partial charge in [0.25, 0.3) is 11.5 Å². The summed E-state index contributed by atoms with van der Waals surface area (Å²) >= 11 is 0. The van der Waals surface area contributed by atoms with Gasteiger partial charge in [-0.05, 0) is 61.2 Å². The molecule has 1 aliphatic carbocycles. The minimum absolute atomic E-state index is 0.0128. The predicted octanol–water partition coefficient (Wildman–Crippen LogP) is 3.07. The summed E-state index contributed by atoms with van der Waals surface area (Å²) in [5.74, 6) is -2.42. The second kappa shape index (κ2) is 9.56. The van der Waals surface area contributed by atoms with Crippen LogP contribution >= 0.6 is 0 Å². The van der Waals surface area contributed by atoms with Crippen molar-refractivity contribution in [3.8, 4) is 11.1 Å². The summed E-state index contributed by atoms with van der Waals surface area (Å²) in [7, 11) is -3.93. The zero-order valence-corrected chi connectivity index (χ0v) is 21.3. The number of sulfonamides is 1. The zero-order valence-electron chi connectivity index (χ0n) is 20.5. The Bertz CT molecular complexity index is 1770. The number of aromatic amines is 1. The summed E-state index contributed by atoms with van der Waals surface area (Å²) in [4.78, 5) is 40.7. The number of aryl methyl sites for hydroxylation is 1. The fourth-order valence-electron chi connectivity index (χ4n) is 4.55. The van der Waals surface area contributed by atoms with Crippen molar-refractivity contribution in [2.24, 2.45) is 5.73 Å². The Morgan fingerprint density at radius 3 is 2.55 bits per heavy atom. The summed E-state index contributed by atoms with van der Waals surface area (Å²) in [5, 5.41) is -0.109. The van der Waals surface area contributed by atoms with Crippen LogP contribution in [0.1, 0.15) is 51.7 Å². The maximum Gasteiger partial charge on any atom is 0.282 e. The molecule has 2 aromatic heterocycles. The van der Waals surface area contributed by atoms with Crippen molar-refractivity contribution in [3.05, 3.63) is 93.3 Å². The number of benzene rings is 2. The topological polar surface area (TPSA) is 144 Å². The van der Waals surface area contributed by atoms with E-state index in [1.54, 1.807) is 18.2 Å². The number of aromatic nitrogens is 2. The molecule has 0 atom stereocenters. The number of fused-ring (bicyclic) bond motifs is 1. The number of primary amides is 1. The van der Waals surface area contributed by atoms with E-state index in [0.717, 1.165) is 11.6 Å². The Labute approximate surface area is 217 Å². The number of hydrogen-bond acceptors (Lipinski definition) is 5. The number of pyridine rings is 1. The first-order chi connectivity index (χ1) is 18.1. The molecule has 2 amide bonds. The number of carbonyl (C=O) groups is 2. The van der Waals surface area contributed by atoms with Crippen LogP contribution in [0.2, 0.25) is 0 Å². The molecule has 4 aromatic rings. The van der Waals surface area contributed by atoms with Crippen LogP contribution in [0.5, 0.6) is 0 Å². The van der Waals surface area contributed by atoms with Crippen molar-refractivity contribution in [2.75, 3.05) is 0 Å². The van der Waals surface area contributed by atoms with E-state index in [1.165, 1.54) is 22.9 Å². The predicted molar refractivity (Wildman–Crippen MR) is 141 cm³/mol. The first-order valence-electron chi connectivity index (χ1n) is 12.1. The third-order valence-electron chi connectivity index (χ3n) is 6.70. The van der Waals surface area contributed by atoms with Gasteiger partial charge >= 0.3 is 0 Å². The number of carbonyl (C=O) groups excluding carboxylic acids is 2. The highest BCUT2D eigenvalue weighted by Gasteiger charge is 2.38. The maximum atomic E-state index is 15.1. The lowest BCUT2D eigenvalue weighted by Gasteiger charge is -2.14. The van der Waals surface area contributed by atoms with Crippen molar-refractivity contribution in [3.63, 3.8) is 0 Å². The number of nitrogens with zero attached hydrogens (tertiary/aromatic N) is 1. The fourth-order valence-corrected chi connectivity index (χ4v) is 5.83. The molecule has 0 aliphatic heterocycles. The van der Waals surface area contributed by atoms with Gasteiger partial charge in [0.15, 0.2) is 0 Å². The van der Waals surface area contributed by atoms with Gasteiger partial charge in [0.1, 0.15) is 11.5 Å². The van der Waals surface area contributed by atoms with Gasteiger partial charge < -0.3 is 15.3 Å². The number of H-pyrrole nitrogens is 1. The van der Waals surface area contributed by atoms with E-state index in [0.29, 0.717) is 30.2 Å². The van der Waals surface area contributed by atoms with Crippen LogP contribution in [0.3, 0.4) is 0 Å². The van der Waals surface area contributed by atoms with Crippen molar-refractivity contribution in [1.29, 1.82) is 0 Å². The van der Waals surface area contributed by atoms with Crippen LogP contribution in [0.15, 0.2) is 59.5 Å². The largest absolute Gasteiger partial charge is 0.366 e. The molecule has 0 saturated heterocycles. The average Bonchev–Trinajstić information content (AvgIpc) is 3.69. The normalized spacial score (nSPS) is 13.5. The van der Waals surface area contributed by atoms with Crippen molar-refractivity contribution >= 4 is 32.7 Å². The monoisotopic (exact) mass is 536 g/mol. The second-order valence-corrected chi connectivity index (χ2v) is 11.2. The summed E-state index contributed by atoms with van der Waals surface area (Å²) in [6.45, 7) is 1.78.